The Bertz CT molecular complexity index is 777. The third-order valence-corrected chi connectivity index (χ3v) is 3.32. The number of ether oxygens (including phenoxy) is 1. The van der Waals surface area contributed by atoms with Crippen molar-refractivity contribution < 1.29 is 27.5 Å². The van der Waals surface area contributed by atoms with Gasteiger partial charge >= 0.3 is 6.18 Å². The molecule has 2 amide bonds. The van der Waals surface area contributed by atoms with E-state index < -0.39 is 23.6 Å². The number of benzene rings is 1. The van der Waals surface area contributed by atoms with E-state index in [0.717, 1.165) is 24.3 Å². The van der Waals surface area contributed by atoms with E-state index in [1.165, 1.54) is 25.4 Å². The van der Waals surface area contributed by atoms with Gasteiger partial charge in [-0.15, -0.1) is 0 Å². The van der Waals surface area contributed by atoms with Crippen molar-refractivity contribution in [1.82, 2.24) is 10.3 Å². The van der Waals surface area contributed by atoms with Gasteiger partial charge in [0.25, 0.3) is 11.8 Å². The summed E-state index contributed by atoms with van der Waals surface area (Å²) < 4.78 is 42.4. The number of carbonyl (C=O) groups is 2. The SMILES string of the molecule is COCCNC(=O)c1ccnc(C(=O)Nc2ccc(C(F)(F)F)cc2)c1. The minimum atomic E-state index is -4.45. The molecule has 0 bridgehead atoms. The zero-order valence-corrected chi connectivity index (χ0v) is 13.8. The van der Waals surface area contributed by atoms with Crippen LogP contribution in [-0.4, -0.2) is 37.1 Å². The second-order valence-electron chi connectivity index (χ2n) is 5.21. The molecule has 6 nitrogen and oxygen atoms in total. The van der Waals surface area contributed by atoms with Gasteiger partial charge in [-0.05, 0) is 36.4 Å². The van der Waals surface area contributed by atoms with Gasteiger partial charge in [0, 0.05) is 31.1 Å². The van der Waals surface area contributed by atoms with E-state index in [-0.39, 0.29) is 16.9 Å². The maximum absolute atomic E-state index is 12.5. The molecule has 26 heavy (non-hydrogen) atoms. The Hall–Kier alpha value is -2.94. The number of aromatic nitrogens is 1. The minimum absolute atomic E-state index is 0.0377. The predicted molar refractivity (Wildman–Crippen MR) is 87.8 cm³/mol. The van der Waals surface area contributed by atoms with Crippen LogP contribution in [0.15, 0.2) is 42.6 Å². The van der Waals surface area contributed by atoms with Crippen LogP contribution >= 0.6 is 0 Å². The van der Waals surface area contributed by atoms with E-state index in [0.29, 0.717) is 13.2 Å². The van der Waals surface area contributed by atoms with Crippen LogP contribution in [0.5, 0.6) is 0 Å². The van der Waals surface area contributed by atoms with Gasteiger partial charge in [0.1, 0.15) is 5.69 Å². The van der Waals surface area contributed by atoms with E-state index in [9.17, 15) is 22.8 Å². The van der Waals surface area contributed by atoms with Crippen LogP contribution in [-0.2, 0) is 10.9 Å². The number of anilines is 1. The monoisotopic (exact) mass is 367 g/mol. The highest BCUT2D eigenvalue weighted by molar-refractivity contribution is 6.04. The summed E-state index contributed by atoms with van der Waals surface area (Å²) in [5, 5.41) is 5.04. The van der Waals surface area contributed by atoms with Crippen LogP contribution in [0, 0.1) is 0 Å². The van der Waals surface area contributed by atoms with Crippen molar-refractivity contribution in [2.75, 3.05) is 25.6 Å². The minimum Gasteiger partial charge on any atom is -0.383 e. The maximum Gasteiger partial charge on any atom is 0.416 e. The molecule has 0 unspecified atom stereocenters. The highest BCUT2D eigenvalue weighted by atomic mass is 19.4. The number of halogens is 3. The fourth-order valence-corrected chi connectivity index (χ4v) is 2.00. The van der Waals surface area contributed by atoms with Crippen molar-refractivity contribution in [1.29, 1.82) is 0 Å². The highest BCUT2D eigenvalue weighted by Crippen LogP contribution is 2.29. The number of nitrogens with one attached hydrogen (secondary N) is 2. The normalized spacial score (nSPS) is 11.1. The first-order valence-corrected chi connectivity index (χ1v) is 7.53. The van der Waals surface area contributed by atoms with Gasteiger partial charge in [-0.1, -0.05) is 0 Å². The zero-order chi connectivity index (χ0) is 19.2. The van der Waals surface area contributed by atoms with Crippen molar-refractivity contribution in [3.8, 4) is 0 Å². The Morgan fingerprint density at radius 2 is 1.81 bits per heavy atom. The van der Waals surface area contributed by atoms with E-state index in [2.05, 4.69) is 15.6 Å². The van der Waals surface area contributed by atoms with Gasteiger partial charge in [-0.25, -0.2) is 0 Å². The molecule has 1 aromatic carbocycles. The lowest BCUT2D eigenvalue weighted by molar-refractivity contribution is -0.137. The van der Waals surface area contributed by atoms with Crippen molar-refractivity contribution >= 4 is 17.5 Å². The Balaban J connectivity index is 2.05. The first kappa shape index (κ1) is 19.4. The first-order valence-electron chi connectivity index (χ1n) is 7.53. The molecule has 0 spiro atoms. The molecule has 1 aromatic heterocycles. The lowest BCUT2D eigenvalue weighted by Crippen LogP contribution is -2.27. The molecule has 9 heteroatoms. The van der Waals surface area contributed by atoms with Crippen molar-refractivity contribution in [2.24, 2.45) is 0 Å². The molecule has 2 rings (SSSR count). The summed E-state index contributed by atoms with van der Waals surface area (Å²) in [6, 6.07) is 6.74. The molecule has 0 fully saturated rings. The van der Waals surface area contributed by atoms with Crippen molar-refractivity contribution in [3.05, 3.63) is 59.4 Å². The number of alkyl halides is 3. The van der Waals surface area contributed by atoms with Crippen LogP contribution < -0.4 is 10.6 Å². The van der Waals surface area contributed by atoms with E-state index in [1.807, 2.05) is 0 Å². The number of pyridine rings is 1. The van der Waals surface area contributed by atoms with Crippen LogP contribution in [0.4, 0.5) is 18.9 Å². The molecule has 0 radical (unpaired) electrons. The van der Waals surface area contributed by atoms with Crippen LogP contribution in [0.25, 0.3) is 0 Å². The molecular weight excluding hydrogens is 351 g/mol. The number of rotatable bonds is 6. The molecule has 0 saturated heterocycles. The molecular formula is C17H16F3N3O3. The van der Waals surface area contributed by atoms with Gasteiger partial charge in [0.2, 0.25) is 0 Å². The molecule has 2 N–H and O–H groups in total. The molecule has 0 aliphatic rings. The highest BCUT2D eigenvalue weighted by Gasteiger charge is 2.30. The lowest BCUT2D eigenvalue weighted by atomic mass is 10.2. The lowest BCUT2D eigenvalue weighted by Gasteiger charge is -2.09. The van der Waals surface area contributed by atoms with Gasteiger partial charge in [0.05, 0.1) is 12.2 Å². The summed E-state index contributed by atoms with van der Waals surface area (Å²) in [5.74, 6) is -1.04. The summed E-state index contributed by atoms with van der Waals surface area (Å²) in [7, 11) is 1.50. The number of nitrogens with zero attached hydrogens (tertiary/aromatic N) is 1. The average Bonchev–Trinajstić information content (AvgIpc) is 2.61. The summed E-state index contributed by atoms with van der Waals surface area (Å²) in [6.45, 7) is 0.656. The Labute approximate surface area is 147 Å². The summed E-state index contributed by atoms with van der Waals surface area (Å²) >= 11 is 0. The number of hydrogen-bond donors (Lipinski definition) is 2. The van der Waals surface area contributed by atoms with E-state index >= 15 is 0 Å². The molecule has 1 heterocycles. The smallest absolute Gasteiger partial charge is 0.383 e. The fraction of sp³-hybridized carbons (Fsp3) is 0.235. The van der Waals surface area contributed by atoms with Crippen LogP contribution in [0.1, 0.15) is 26.4 Å². The molecule has 0 saturated carbocycles. The number of hydrogen-bond acceptors (Lipinski definition) is 4. The quantitative estimate of drug-likeness (QED) is 0.770. The van der Waals surface area contributed by atoms with Gasteiger partial charge < -0.3 is 15.4 Å². The number of carbonyl (C=O) groups excluding carboxylic acids is 2. The number of amides is 2. The summed E-state index contributed by atoms with van der Waals surface area (Å²) in [5.41, 5.74) is -0.443. The van der Waals surface area contributed by atoms with Crippen molar-refractivity contribution in [2.45, 2.75) is 6.18 Å². The maximum atomic E-state index is 12.5. The Kier molecular flexibility index (Phi) is 6.29. The van der Waals surface area contributed by atoms with Crippen molar-refractivity contribution in [3.63, 3.8) is 0 Å². The average molecular weight is 367 g/mol. The van der Waals surface area contributed by atoms with Gasteiger partial charge in [-0.3, -0.25) is 14.6 Å². The molecule has 0 aliphatic carbocycles. The fourth-order valence-electron chi connectivity index (χ4n) is 2.00. The predicted octanol–water partition coefficient (Wildman–Crippen LogP) is 2.73. The van der Waals surface area contributed by atoms with E-state index in [4.69, 9.17) is 4.74 Å². The third-order valence-electron chi connectivity index (χ3n) is 3.32. The van der Waals surface area contributed by atoms with Gasteiger partial charge in [-0.2, -0.15) is 13.2 Å². The standard InChI is InChI=1S/C17H16F3N3O3/c1-26-9-8-22-15(24)11-6-7-21-14(10-11)16(25)23-13-4-2-12(3-5-13)17(18,19)20/h2-7,10H,8-9H2,1H3,(H,22,24)(H,23,25). The molecule has 138 valence electrons. The Morgan fingerprint density at radius 3 is 2.42 bits per heavy atom. The Morgan fingerprint density at radius 1 is 1.12 bits per heavy atom. The molecule has 2 aromatic rings. The second-order valence-corrected chi connectivity index (χ2v) is 5.21. The second kappa shape index (κ2) is 8.43. The largest absolute Gasteiger partial charge is 0.416 e. The topological polar surface area (TPSA) is 80.3 Å². The summed E-state index contributed by atoms with van der Waals surface area (Å²) in [4.78, 5) is 28.0. The molecule has 0 aliphatic heterocycles. The van der Waals surface area contributed by atoms with Crippen LogP contribution in [0.2, 0.25) is 0 Å². The molecule has 0 atom stereocenters. The first-order chi connectivity index (χ1) is 12.3. The third kappa shape index (κ3) is 5.28. The van der Waals surface area contributed by atoms with E-state index in [1.54, 1.807) is 0 Å². The zero-order valence-electron chi connectivity index (χ0n) is 13.8. The number of methoxy groups -OCH3 is 1. The summed E-state index contributed by atoms with van der Waals surface area (Å²) in [6.07, 6.45) is -3.15. The van der Waals surface area contributed by atoms with Gasteiger partial charge in [0.15, 0.2) is 0 Å². The van der Waals surface area contributed by atoms with Crippen LogP contribution in [0.3, 0.4) is 0 Å².